The van der Waals surface area contributed by atoms with Gasteiger partial charge in [0.15, 0.2) is 0 Å². The van der Waals surface area contributed by atoms with Crippen LogP contribution in [-0.2, 0) is 19.3 Å². The van der Waals surface area contributed by atoms with Crippen LogP contribution in [0.15, 0.2) is 0 Å². The Morgan fingerprint density at radius 1 is 0.600 bits per heavy atom. The van der Waals surface area contributed by atoms with Crippen LogP contribution in [0.1, 0.15) is 111 Å². The summed E-state index contributed by atoms with van der Waals surface area (Å²) in [5.74, 6) is -0.773. The third-order valence-electron chi connectivity index (χ3n) is 4.18. The smallest absolute Gasteiger partial charge is 0.328 e. The zero-order chi connectivity index (χ0) is 18.8. The number of carbonyl (C=O) groups excluding carboxylic acids is 2. The summed E-state index contributed by atoms with van der Waals surface area (Å²) in [6.45, 7) is 6.12. The second-order valence-corrected chi connectivity index (χ2v) is 6.58. The van der Waals surface area contributed by atoms with Crippen molar-refractivity contribution in [2.24, 2.45) is 0 Å². The van der Waals surface area contributed by atoms with E-state index in [9.17, 15) is 9.59 Å². The van der Waals surface area contributed by atoms with Gasteiger partial charge in [0.05, 0.1) is 6.54 Å². The molecule has 0 aliphatic heterocycles. The lowest BCUT2D eigenvalue weighted by Gasteiger charge is -2.18. The van der Waals surface area contributed by atoms with Crippen LogP contribution in [0.5, 0.6) is 0 Å². The lowest BCUT2D eigenvalue weighted by atomic mass is 10.1. The molecule has 0 aromatic carbocycles. The highest BCUT2D eigenvalue weighted by atomic mass is 17.0. The molecule has 0 radical (unpaired) electrons. The predicted octanol–water partition coefficient (Wildman–Crippen LogP) is 5.73. The fourth-order valence-corrected chi connectivity index (χ4v) is 2.55. The number of nitrogens with zero attached hydrogens (tertiary/aromatic N) is 1. The quantitative estimate of drug-likeness (QED) is 0.246. The van der Waals surface area contributed by atoms with E-state index in [4.69, 9.17) is 9.68 Å². The maximum Gasteiger partial charge on any atom is 0.328 e. The number of hydrogen-bond acceptors (Lipinski definition) is 5. The SMILES string of the molecule is CCCCCCCCCCCCCCN(OC(=O)CC)OC(=O)CC. The van der Waals surface area contributed by atoms with E-state index >= 15 is 0 Å². The minimum Gasteiger partial charge on any atom is -0.333 e. The largest absolute Gasteiger partial charge is 0.333 e. The first kappa shape index (κ1) is 23.9. The third-order valence-corrected chi connectivity index (χ3v) is 4.18. The van der Waals surface area contributed by atoms with Crippen LogP contribution in [0.4, 0.5) is 0 Å². The zero-order valence-electron chi connectivity index (χ0n) is 16.7. The van der Waals surface area contributed by atoms with Crippen molar-refractivity contribution in [1.82, 2.24) is 5.23 Å². The standard InChI is InChI=1S/C20H39NO4/c1-4-7-8-9-10-11-12-13-14-15-16-17-18-21(24-19(22)5-2)25-20(23)6-3/h4-18H2,1-3H3. The van der Waals surface area contributed by atoms with Gasteiger partial charge in [0.25, 0.3) is 0 Å². The molecule has 25 heavy (non-hydrogen) atoms. The Labute approximate surface area is 154 Å². The summed E-state index contributed by atoms with van der Waals surface area (Å²) in [7, 11) is 0. The highest BCUT2D eigenvalue weighted by molar-refractivity contribution is 5.69. The summed E-state index contributed by atoms with van der Waals surface area (Å²) >= 11 is 0. The Hall–Kier alpha value is -1.10. The van der Waals surface area contributed by atoms with E-state index < -0.39 is 0 Å². The molecular formula is C20H39NO4. The monoisotopic (exact) mass is 357 g/mol. The molecule has 0 spiro atoms. The maximum absolute atomic E-state index is 11.4. The normalized spacial score (nSPS) is 10.9. The van der Waals surface area contributed by atoms with E-state index in [0.717, 1.165) is 18.1 Å². The number of carbonyl (C=O) groups is 2. The Morgan fingerprint density at radius 3 is 1.32 bits per heavy atom. The molecule has 0 aromatic heterocycles. The van der Waals surface area contributed by atoms with Gasteiger partial charge in [-0.25, -0.2) is 0 Å². The molecule has 0 aromatic rings. The predicted molar refractivity (Wildman–Crippen MR) is 101 cm³/mol. The molecule has 0 aliphatic rings. The van der Waals surface area contributed by atoms with Crippen molar-refractivity contribution in [3.8, 4) is 0 Å². The Morgan fingerprint density at radius 2 is 0.960 bits per heavy atom. The fourth-order valence-electron chi connectivity index (χ4n) is 2.55. The molecule has 0 unspecified atom stereocenters. The van der Waals surface area contributed by atoms with Crippen LogP contribution in [-0.4, -0.2) is 23.7 Å². The molecule has 0 bridgehead atoms. The van der Waals surface area contributed by atoms with Crippen LogP contribution in [0, 0.1) is 0 Å². The lowest BCUT2D eigenvalue weighted by molar-refractivity contribution is -0.325. The summed E-state index contributed by atoms with van der Waals surface area (Å²) in [5, 5.41) is 1.05. The molecule has 5 heteroatoms. The summed E-state index contributed by atoms with van der Waals surface area (Å²) in [6.07, 6.45) is 15.7. The molecule has 0 aliphatic carbocycles. The van der Waals surface area contributed by atoms with Crippen LogP contribution >= 0.6 is 0 Å². The van der Waals surface area contributed by atoms with E-state index in [1.165, 1.54) is 64.2 Å². The van der Waals surface area contributed by atoms with Gasteiger partial charge < -0.3 is 9.68 Å². The van der Waals surface area contributed by atoms with Gasteiger partial charge in [0, 0.05) is 18.1 Å². The first-order valence-electron chi connectivity index (χ1n) is 10.3. The van der Waals surface area contributed by atoms with E-state index in [1.807, 2.05) is 0 Å². The fraction of sp³-hybridized carbons (Fsp3) is 0.900. The van der Waals surface area contributed by atoms with Crippen molar-refractivity contribution in [2.75, 3.05) is 6.54 Å². The Kier molecular flexibility index (Phi) is 16.9. The second-order valence-electron chi connectivity index (χ2n) is 6.58. The first-order valence-corrected chi connectivity index (χ1v) is 10.3. The number of rotatable bonds is 17. The topological polar surface area (TPSA) is 55.8 Å². The Balaban J connectivity index is 3.60. The molecule has 148 valence electrons. The van der Waals surface area contributed by atoms with Crippen molar-refractivity contribution in [1.29, 1.82) is 0 Å². The molecule has 5 nitrogen and oxygen atoms in total. The van der Waals surface area contributed by atoms with Gasteiger partial charge in [-0.2, -0.15) is 0 Å². The Bertz CT molecular complexity index is 316. The van der Waals surface area contributed by atoms with Crippen molar-refractivity contribution in [3.63, 3.8) is 0 Å². The third kappa shape index (κ3) is 16.1. The van der Waals surface area contributed by atoms with Gasteiger partial charge in [-0.05, 0) is 6.42 Å². The molecule has 0 saturated heterocycles. The minimum atomic E-state index is -0.386. The first-order chi connectivity index (χ1) is 12.1. The number of unbranched alkanes of at least 4 members (excludes halogenated alkanes) is 11. The van der Waals surface area contributed by atoms with Crippen LogP contribution < -0.4 is 0 Å². The molecule has 0 fully saturated rings. The highest BCUT2D eigenvalue weighted by Gasteiger charge is 2.14. The summed E-state index contributed by atoms with van der Waals surface area (Å²) in [6, 6.07) is 0. The maximum atomic E-state index is 11.4. The summed E-state index contributed by atoms with van der Waals surface area (Å²) in [4.78, 5) is 32.8. The van der Waals surface area contributed by atoms with Gasteiger partial charge in [-0.1, -0.05) is 91.4 Å². The number of hydrogen-bond donors (Lipinski definition) is 0. The molecule has 0 amide bonds. The van der Waals surface area contributed by atoms with Crippen molar-refractivity contribution >= 4 is 11.9 Å². The van der Waals surface area contributed by atoms with Crippen LogP contribution in [0.2, 0.25) is 0 Å². The van der Waals surface area contributed by atoms with Crippen molar-refractivity contribution in [3.05, 3.63) is 0 Å². The molecule has 0 heterocycles. The minimum absolute atomic E-state index is 0.263. The van der Waals surface area contributed by atoms with Gasteiger partial charge in [-0.15, -0.1) is 0 Å². The zero-order valence-corrected chi connectivity index (χ0v) is 16.7. The summed E-state index contributed by atoms with van der Waals surface area (Å²) < 4.78 is 0. The molecule has 0 atom stereocenters. The molecule has 0 saturated carbocycles. The summed E-state index contributed by atoms with van der Waals surface area (Å²) in [5.41, 5.74) is 0. The van der Waals surface area contributed by atoms with Crippen molar-refractivity contribution in [2.45, 2.75) is 111 Å². The van der Waals surface area contributed by atoms with E-state index in [0.29, 0.717) is 6.54 Å². The molecule has 0 rings (SSSR count). The van der Waals surface area contributed by atoms with Crippen LogP contribution in [0.25, 0.3) is 0 Å². The average Bonchev–Trinajstić information content (AvgIpc) is 2.62. The van der Waals surface area contributed by atoms with E-state index in [2.05, 4.69) is 6.92 Å². The van der Waals surface area contributed by atoms with Gasteiger partial charge in [0.1, 0.15) is 0 Å². The van der Waals surface area contributed by atoms with Gasteiger partial charge >= 0.3 is 11.9 Å². The van der Waals surface area contributed by atoms with Gasteiger partial charge in [-0.3, -0.25) is 9.59 Å². The van der Waals surface area contributed by atoms with Crippen molar-refractivity contribution < 1.29 is 19.3 Å². The van der Waals surface area contributed by atoms with Crippen LogP contribution in [0.3, 0.4) is 0 Å². The average molecular weight is 358 g/mol. The molecular weight excluding hydrogens is 318 g/mol. The van der Waals surface area contributed by atoms with E-state index in [-0.39, 0.29) is 24.8 Å². The highest BCUT2D eigenvalue weighted by Crippen LogP contribution is 2.12. The van der Waals surface area contributed by atoms with Gasteiger partial charge in [0.2, 0.25) is 0 Å². The number of hydroxylamine groups is 2. The second kappa shape index (κ2) is 17.7. The van der Waals surface area contributed by atoms with E-state index in [1.54, 1.807) is 13.8 Å². The lowest BCUT2D eigenvalue weighted by Crippen LogP contribution is -2.31. The molecule has 0 N–H and O–H groups in total.